The number of anilines is 2. The number of hydrogen-bond acceptors (Lipinski definition) is 6. The van der Waals surface area contributed by atoms with E-state index in [0.717, 1.165) is 24.0 Å². The lowest BCUT2D eigenvalue weighted by atomic mass is 10.0. The van der Waals surface area contributed by atoms with Crippen molar-refractivity contribution in [1.82, 2.24) is 20.3 Å². The van der Waals surface area contributed by atoms with Crippen molar-refractivity contribution in [3.8, 4) is 0 Å². The minimum Gasteiger partial charge on any atom is -0.369 e. The molecule has 3 N–H and O–H groups in total. The normalized spacial score (nSPS) is 21.6. The molecule has 25 heavy (non-hydrogen) atoms. The summed E-state index contributed by atoms with van der Waals surface area (Å²) in [6.45, 7) is 0.998. The van der Waals surface area contributed by atoms with Gasteiger partial charge in [0.2, 0.25) is 5.91 Å². The van der Waals surface area contributed by atoms with Gasteiger partial charge in [-0.3, -0.25) is 4.79 Å². The molecule has 2 atom stereocenters. The van der Waals surface area contributed by atoms with E-state index in [2.05, 4.69) is 30.9 Å². The van der Waals surface area contributed by atoms with Crippen LogP contribution in [0, 0.1) is 5.82 Å². The summed E-state index contributed by atoms with van der Waals surface area (Å²) in [6.07, 6.45) is 3.97. The third-order valence-corrected chi connectivity index (χ3v) is 4.61. The summed E-state index contributed by atoms with van der Waals surface area (Å²) in [5.41, 5.74) is 0.896. The summed E-state index contributed by atoms with van der Waals surface area (Å²) >= 11 is 6.03. The Hall–Kier alpha value is -2.48. The zero-order valence-corrected chi connectivity index (χ0v) is 14.0. The van der Waals surface area contributed by atoms with Crippen molar-refractivity contribution in [3.05, 3.63) is 40.7 Å². The van der Waals surface area contributed by atoms with Gasteiger partial charge in [-0.25, -0.2) is 19.3 Å². The first-order chi connectivity index (χ1) is 12.1. The van der Waals surface area contributed by atoms with Gasteiger partial charge in [-0.2, -0.15) is 0 Å². The Morgan fingerprint density at radius 3 is 3.04 bits per heavy atom. The van der Waals surface area contributed by atoms with Crippen LogP contribution in [-0.4, -0.2) is 40.0 Å². The summed E-state index contributed by atoms with van der Waals surface area (Å²) in [5.74, 6) is 0.723. The van der Waals surface area contributed by atoms with E-state index >= 15 is 0 Å². The van der Waals surface area contributed by atoms with E-state index in [0.29, 0.717) is 30.4 Å². The second kappa shape index (κ2) is 6.44. The van der Waals surface area contributed by atoms with Gasteiger partial charge < -0.3 is 16.0 Å². The van der Waals surface area contributed by atoms with Gasteiger partial charge in [-0.15, -0.1) is 0 Å². The number of rotatable bonds is 4. The number of carbonyl (C=O) groups excluding carboxylic acids is 1. The predicted molar refractivity (Wildman–Crippen MR) is 91.2 cm³/mol. The molecule has 1 saturated heterocycles. The molecule has 1 fully saturated rings. The highest BCUT2D eigenvalue weighted by Gasteiger charge is 2.28. The molecule has 1 amide bonds. The van der Waals surface area contributed by atoms with Crippen molar-refractivity contribution in [2.75, 3.05) is 23.7 Å². The Labute approximate surface area is 148 Å². The maximum absolute atomic E-state index is 14.0. The van der Waals surface area contributed by atoms with Crippen LogP contribution in [0.25, 0.3) is 0 Å². The van der Waals surface area contributed by atoms with Crippen molar-refractivity contribution >= 4 is 29.1 Å². The molecule has 0 saturated carbocycles. The predicted octanol–water partition coefficient (Wildman–Crippen LogP) is 1.91. The average Bonchev–Trinajstić information content (AvgIpc) is 3.20. The molecule has 2 aromatic rings. The van der Waals surface area contributed by atoms with Crippen LogP contribution in [-0.2, 0) is 4.79 Å². The zero-order valence-electron chi connectivity index (χ0n) is 13.2. The molecule has 0 aliphatic carbocycles. The fraction of sp³-hybridized carbons (Fsp3) is 0.375. The van der Waals surface area contributed by atoms with E-state index in [9.17, 15) is 9.18 Å². The number of aromatic nitrogens is 3. The number of nitrogens with zero attached hydrogens (tertiary/aromatic N) is 3. The lowest BCUT2D eigenvalue weighted by Crippen LogP contribution is -2.32. The molecule has 130 valence electrons. The molecule has 0 bridgehead atoms. The first-order valence-electron chi connectivity index (χ1n) is 8.05. The van der Waals surface area contributed by atoms with Crippen LogP contribution < -0.4 is 16.0 Å². The van der Waals surface area contributed by atoms with Gasteiger partial charge in [-0.1, -0.05) is 11.6 Å². The van der Waals surface area contributed by atoms with Crippen molar-refractivity contribution < 1.29 is 9.18 Å². The topological polar surface area (TPSA) is 91.8 Å². The SMILES string of the molecule is O=C1CC[C@H](CNc2nc(C3CNc4ncc(Cl)cc43)ncc2F)N1. The summed E-state index contributed by atoms with van der Waals surface area (Å²) in [7, 11) is 0. The van der Waals surface area contributed by atoms with Crippen molar-refractivity contribution in [2.45, 2.75) is 24.8 Å². The van der Waals surface area contributed by atoms with E-state index in [1.54, 1.807) is 6.20 Å². The van der Waals surface area contributed by atoms with E-state index in [1.807, 2.05) is 6.07 Å². The highest BCUT2D eigenvalue weighted by atomic mass is 35.5. The number of pyridine rings is 1. The molecule has 9 heteroatoms. The van der Waals surface area contributed by atoms with Crippen molar-refractivity contribution in [2.24, 2.45) is 0 Å². The fourth-order valence-electron chi connectivity index (χ4n) is 3.13. The van der Waals surface area contributed by atoms with Gasteiger partial charge in [0, 0.05) is 37.3 Å². The summed E-state index contributed by atoms with van der Waals surface area (Å²) < 4.78 is 14.0. The van der Waals surface area contributed by atoms with Gasteiger partial charge in [-0.05, 0) is 12.5 Å². The maximum atomic E-state index is 14.0. The number of nitrogens with one attached hydrogen (secondary N) is 3. The van der Waals surface area contributed by atoms with Crippen LogP contribution in [0.2, 0.25) is 5.02 Å². The highest BCUT2D eigenvalue weighted by molar-refractivity contribution is 6.30. The highest BCUT2D eigenvalue weighted by Crippen LogP contribution is 2.35. The van der Waals surface area contributed by atoms with Crippen LogP contribution in [0.4, 0.5) is 16.0 Å². The van der Waals surface area contributed by atoms with Gasteiger partial charge in [0.15, 0.2) is 11.6 Å². The maximum Gasteiger partial charge on any atom is 0.220 e. The third kappa shape index (κ3) is 3.21. The van der Waals surface area contributed by atoms with Crippen molar-refractivity contribution in [1.29, 1.82) is 0 Å². The van der Waals surface area contributed by atoms with Gasteiger partial charge in [0.25, 0.3) is 0 Å². The van der Waals surface area contributed by atoms with Crippen LogP contribution in [0.15, 0.2) is 18.5 Å². The average molecular weight is 363 g/mol. The second-order valence-electron chi connectivity index (χ2n) is 6.13. The van der Waals surface area contributed by atoms with E-state index in [-0.39, 0.29) is 23.7 Å². The van der Waals surface area contributed by atoms with Gasteiger partial charge in [0.1, 0.15) is 11.6 Å². The standard InChI is InChI=1S/C16H16ClFN6O/c17-8-3-10-11(6-21-14(10)19-4-8)15-22-7-12(18)16(24-15)20-5-9-1-2-13(25)23-9/h3-4,7,9,11H,1-2,5-6H2,(H,19,21)(H,23,25)(H,20,22,24)/t9-,11?/m1/s1. The number of carbonyl (C=O) groups is 1. The lowest BCUT2D eigenvalue weighted by Gasteiger charge is -2.14. The molecular formula is C16H16ClFN6O. The molecule has 0 radical (unpaired) electrons. The Kier molecular flexibility index (Phi) is 4.12. The van der Waals surface area contributed by atoms with Crippen LogP contribution in [0.5, 0.6) is 0 Å². The number of halogens is 2. The largest absolute Gasteiger partial charge is 0.369 e. The number of amides is 1. The Morgan fingerprint density at radius 2 is 2.24 bits per heavy atom. The molecule has 2 aromatic heterocycles. The smallest absolute Gasteiger partial charge is 0.220 e. The van der Waals surface area contributed by atoms with Crippen molar-refractivity contribution in [3.63, 3.8) is 0 Å². The number of hydrogen-bond donors (Lipinski definition) is 3. The van der Waals surface area contributed by atoms with Gasteiger partial charge >= 0.3 is 0 Å². The minimum atomic E-state index is -0.525. The molecule has 4 rings (SSSR count). The molecule has 0 spiro atoms. The van der Waals surface area contributed by atoms with E-state index in [4.69, 9.17) is 11.6 Å². The van der Waals surface area contributed by atoms with Gasteiger partial charge in [0.05, 0.1) is 17.1 Å². The molecule has 7 nitrogen and oxygen atoms in total. The molecule has 2 aliphatic rings. The van der Waals surface area contributed by atoms with Crippen LogP contribution in [0.3, 0.4) is 0 Å². The van der Waals surface area contributed by atoms with Crippen LogP contribution >= 0.6 is 11.6 Å². The lowest BCUT2D eigenvalue weighted by molar-refractivity contribution is -0.119. The molecule has 0 aromatic carbocycles. The second-order valence-corrected chi connectivity index (χ2v) is 6.57. The summed E-state index contributed by atoms with van der Waals surface area (Å²) in [4.78, 5) is 24.0. The summed E-state index contributed by atoms with van der Waals surface area (Å²) in [5, 5.41) is 9.52. The molecule has 2 aliphatic heterocycles. The van der Waals surface area contributed by atoms with E-state index < -0.39 is 5.82 Å². The van der Waals surface area contributed by atoms with E-state index in [1.165, 1.54) is 0 Å². The Morgan fingerprint density at radius 1 is 1.36 bits per heavy atom. The number of fused-ring (bicyclic) bond motifs is 1. The molecule has 4 heterocycles. The first kappa shape index (κ1) is 16.0. The molecule has 1 unspecified atom stereocenters. The quantitative estimate of drug-likeness (QED) is 0.769. The Balaban J connectivity index is 1.54. The minimum absolute atomic E-state index is 0.0119. The Bertz CT molecular complexity index is 832. The first-order valence-corrected chi connectivity index (χ1v) is 8.43. The van der Waals surface area contributed by atoms with Crippen LogP contribution in [0.1, 0.15) is 30.1 Å². The monoisotopic (exact) mass is 362 g/mol. The third-order valence-electron chi connectivity index (χ3n) is 4.41. The summed E-state index contributed by atoms with van der Waals surface area (Å²) in [6, 6.07) is 1.81. The zero-order chi connectivity index (χ0) is 17.4. The molecular weight excluding hydrogens is 347 g/mol. The fourth-order valence-corrected chi connectivity index (χ4v) is 3.30.